The first kappa shape index (κ1) is 21.8. The molecule has 1 N–H and O–H groups in total. The van der Waals surface area contributed by atoms with Gasteiger partial charge in [0, 0.05) is 18.8 Å². The van der Waals surface area contributed by atoms with Crippen LogP contribution in [0.5, 0.6) is 0 Å². The lowest BCUT2D eigenvalue weighted by atomic mass is 10.0. The van der Waals surface area contributed by atoms with Crippen LogP contribution in [0, 0.1) is 0 Å². The van der Waals surface area contributed by atoms with Crippen LogP contribution in [-0.4, -0.2) is 33.4 Å². The molecule has 8 heteroatoms. The number of hydrogen-bond acceptors (Lipinski definition) is 4. The summed E-state index contributed by atoms with van der Waals surface area (Å²) in [6.07, 6.45) is 1.20. The minimum Gasteiger partial charge on any atom is -0.283 e. The Morgan fingerprint density at radius 1 is 0.935 bits per heavy atom. The predicted octanol–water partition coefficient (Wildman–Crippen LogP) is 3.88. The molecule has 0 saturated heterocycles. The van der Waals surface area contributed by atoms with E-state index in [0.29, 0.717) is 25.1 Å². The van der Waals surface area contributed by atoms with Crippen LogP contribution in [0.25, 0.3) is 10.8 Å². The number of nitrogens with zero attached hydrogens (tertiary/aromatic N) is 1. The Bertz CT molecular complexity index is 1310. The van der Waals surface area contributed by atoms with Crippen molar-refractivity contribution in [3.63, 3.8) is 0 Å². The van der Waals surface area contributed by atoms with Gasteiger partial charge in [0.1, 0.15) is 0 Å². The van der Waals surface area contributed by atoms with E-state index in [1.165, 1.54) is 4.31 Å². The van der Waals surface area contributed by atoms with E-state index in [1.807, 2.05) is 55.5 Å². The van der Waals surface area contributed by atoms with E-state index in [0.717, 1.165) is 27.5 Å². The van der Waals surface area contributed by atoms with E-state index in [1.54, 1.807) is 12.1 Å². The molecular formula is C23H26N2O4S2. The van der Waals surface area contributed by atoms with Gasteiger partial charge in [-0.15, -0.1) is 0 Å². The van der Waals surface area contributed by atoms with Gasteiger partial charge in [-0.05, 0) is 52.4 Å². The maximum absolute atomic E-state index is 12.9. The van der Waals surface area contributed by atoms with E-state index >= 15 is 0 Å². The summed E-state index contributed by atoms with van der Waals surface area (Å²) in [5.41, 5.74) is 3.09. The van der Waals surface area contributed by atoms with Crippen LogP contribution in [0.1, 0.15) is 30.0 Å². The summed E-state index contributed by atoms with van der Waals surface area (Å²) in [6, 6.07) is 18.7. The van der Waals surface area contributed by atoms with Gasteiger partial charge in [0.25, 0.3) is 0 Å². The lowest BCUT2D eigenvalue weighted by Gasteiger charge is -2.28. The number of anilines is 1. The fraction of sp³-hybridized carbons (Fsp3) is 0.304. The molecule has 6 nitrogen and oxygen atoms in total. The van der Waals surface area contributed by atoms with Crippen LogP contribution >= 0.6 is 0 Å². The normalized spacial score (nSPS) is 15.0. The summed E-state index contributed by atoms with van der Waals surface area (Å²) in [7, 11) is -6.93. The standard InChI is InChI=1S/C23H26N2O4S2/c1-2-14-31(28,29)25-13-12-18-10-11-22(15-21(18)16-25)24-30(26,27)17-20-8-5-7-19-6-3-4-9-23(19)20/h3-11,15,24H,2,12-14,16-17H2,1H3. The molecule has 0 spiro atoms. The van der Waals surface area contributed by atoms with Crippen LogP contribution < -0.4 is 4.72 Å². The minimum atomic E-state index is -3.64. The van der Waals surface area contributed by atoms with Gasteiger partial charge < -0.3 is 0 Å². The molecule has 0 amide bonds. The highest BCUT2D eigenvalue weighted by Crippen LogP contribution is 2.26. The fourth-order valence-corrected chi connectivity index (χ4v) is 6.76. The number of rotatable bonds is 7. The Morgan fingerprint density at radius 2 is 1.71 bits per heavy atom. The average Bonchev–Trinajstić information content (AvgIpc) is 2.73. The van der Waals surface area contributed by atoms with E-state index in [2.05, 4.69) is 4.72 Å². The van der Waals surface area contributed by atoms with Crippen LogP contribution in [0.15, 0.2) is 60.7 Å². The number of fused-ring (bicyclic) bond motifs is 2. The van der Waals surface area contributed by atoms with Gasteiger partial charge in [-0.25, -0.2) is 16.8 Å². The van der Waals surface area contributed by atoms with Crippen LogP contribution in [0.2, 0.25) is 0 Å². The maximum atomic E-state index is 12.9. The summed E-state index contributed by atoms with van der Waals surface area (Å²) < 4.78 is 54.8. The second-order valence-corrected chi connectivity index (χ2v) is 11.7. The number of sulfonamides is 2. The summed E-state index contributed by atoms with van der Waals surface area (Å²) in [5.74, 6) is -0.0118. The van der Waals surface area contributed by atoms with Gasteiger partial charge in [0.15, 0.2) is 0 Å². The van der Waals surface area contributed by atoms with Crippen molar-refractivity contribution in [2.24, 2.45) is 0 Å². The molecule has 0 aliphatic carbocycles. The quantitative estimate of drug-likeness (QED) is 0.582. The number of hydrogen-bond donors (Lipinski definition) is 1. The summed E-state index contributed by atoms with van der Waals surface area (Å²) in [6.45, 7) is 2.58. The predicted molar refractivity (Wildman–Crippen MR) is 125 cm³/mol. The fourth-order valence-electron chi connectivity index (χ4n) is 4.06. The third kappa shape index (κ3) is 4.92. The zero-order valence-corrected chi connectivity index (χ0v) is 19.0. The highest BCUT2D eigenvalue weighted by molar-refractivity contribution is 7.92. The molecule has 0 saturated carbocycles. The van der Waals surface area contributed by atoms with Crippen molar-refractivity contribution in [1.29, 1.82) is 0 Å². The topological polar surface area (TPSA) is 83.6 Å². The molecular weight excluding hydrogens is 432 g/mol. The first-order valence-electron chi connectivity index (χ1n) is 10.3. The molecule has 1 aliphatic heterocycles. The molecule has 1 aliphatic rings. The van der Waals surface area contributed by atoms with E-state index in [9.17, 15) is 16.8 Å². The van der Waals surface area contributed by atoms with Crippen molar-refractivity contribution in [2.75, 3.05) is 17.0 Å². The molecule has 31 heavy (non-hydrogen) atoms. The molecule has 0 unspecified atom stereocenters. The SMILES string of the molecule is CCCS(=O)(=O)N1CCc2ccc(NS(=O)(=O)Cc3cccc4ccccc34)cc2C1. The van der Waals surface area contributed by atoms with Gasteiger partial charge >= 0.3 is 0 Å². The molecule has 4 rings (SSSR count). The smallest absolute Gasteiger partial charge is 0.236 e. The number of benzene rings is 3. The van der Waals surface area contributed by atoms with Gasteiger partial charge in [-0.2, -0.15) is 4.31 Å². The highest BCUT2D eigenvalue weighted by atomic mass is 32.2. The van der Waals surface area contributed by atoms with Crippen molar-refractivity contribution in [1.82, 2.24) is 4.31 Å². The van der Waals surface area contributed by atoms with Crippen molar-refractivity contribution in [3.8, 4) is 0 Å². The zero-order chi connectivity index (χ0) is 22.1. The molecule has 0 fully saturated rings. The molecule has 3 aromatic carbocycles. The molecule has 0 bridgehead atoms. The maximum Gasteiger partial charge on any atom is 0.236 e. The Kier molecular flexibility index (Phi) is 6.05. The Hall–Kier alpha value is -2.42. The van der Waals surface area contributed by atoms with Crippen LogP contribution in [-0.2, 0) is 38.8 Å². The van der Waals surface area contributed by atoms with Crippen LogP contribution in [0.3, 0.4) is 0 Å². The Morgan fingerprint density at radius 3 is 2.52 bits per heavy atom. The summed E-state index contributed by atoms with van der Waals surface area (Å²) in [4.78, 5) is 0. The molecule has 3 aromatic rings. The monoisotopic (exact) mass is 458 g/mol. The van der Waals surface area contributed by atoms with E-state index < -0.39 is 20.0 Å². The second-order valence-electron chi connectivity index (χ2n) is 7.88. The Labute approximate surface area is 184 Å². The van der Waals surface area contributed by atoms with Gasteiger partial charge in [-0.3, -0.25) is 4.72 Å². The minimum absolute atomic E-state index is 0.125. The Balaban J connectivity index is 1.55. The molecule has 164 valence electrons. The molecule has 0 radical (unpaired) electrons. The third-order valence-electron chi connectivity index (χ3n) is 5.54. The average molecular weight is 459 g/mol. The van der Waals surface area contributed by atoms with Gasteiger partial charge in [0.2, 0.25) is 20.0 Å². The third-order valence-corrected chi connectivity index (χ3v) is 8.80. The van der Waals surface area contributed by atoms with E-state index in [-0.39, 0.29) is 18.1 Å². The van der Waals surface area contributed by atoms with Crippen molar-refractivity contribution in [2.45, 2.75) is 32.1 Å². The summed E-state index contributed by atoms with van der Waals surface area (Å²) >= 11 is 0. The highest BCUT2D eigenvalue weighted by Gasteiger charge is 2.26. The van der Waals surface area contributed by atoms with Crippen molar-refractivity contribution in [3.05, 3.63) is 77.4 Å². The van der Waals surface area contributed by atoms with Crippen LogP contribution in [0.4, 0.5) is 5.69 Å². The summed E-state index contributed by atoms with van der Waals surface area (Å²) in [5, 5.41) is 1.91. The first-order valence-corrected chi connectivity index (χ1v) is 13.6. The molecule has 1 heterocycles. The van der Waals surface area contributed by atoms with Crippen molar-refractivity contribution < 1.29 is 16.8 Å². The second kappa shape index (κ2) is 8.61. The van der Waals surface area contributed by atoms with Crippen molar-refractivity contribution >= 4 is 36.5 Å². The lowest BCUT2D eigenvalue weighted by molar-refractivity contribution is 0.391. The van der Waals surface area contributed by atoms with Gasteiger partial charge in [0.05, 0.1) is 11.5 Å². The first-order chi connectivity index (χ1) is 14.8. The molecule has 0 aromatic heterocycles. The largest absolute Gasteiger partial charge is 0.283 e. The molecule has 0 atom stereocenters. The van der Waals surface area contributed by atoms with E-state index in [4.69, 9.17) is 0 Å². The zero-order valence-electron chi connectivity index (χ0n) is 17.4. The number of nitrogens with one attached hydrogen (secondary N) is 1. The lowest BCUT2D eigenvalue weighted by Crippen LogP contribution is -2.37. The van der Waals surface area contributed by atoms with Gasteiger partial charge in [-0.1, -0.05) is 55.5 Å².